The molecule has 1 N–H and O–H groups in total. The monoisotopic (exact) mass is 261 g/mol. The second-order valence-electron chi connectivity index (χ2n) is 4.45. The maximum atomic E-state index is 8.95. The van der Waals surface area contributed by atoms with Gasteiger partial charge in [-0.2, -0.15) is 5.26 Å². The molecule has 102 valence electrons. The molecule has 0 aromatic heterocycles. The minimum absolute atomic E-state index is 0.166. The maximum absolute atomic E-state index is 8.95. The Morgan fingerprint density at radius 3 is 2.95 bits per heavy atom. The van der Waals surface area contributed by atoms with Gasteiger partial charge in [0.15, 0.2) is 0 Å². The van der Waals surface area contributed by atoms with Gasteiger partial charge in [0.25, 0.3) is 0 Å². The number of rotatable bonds is 4. The van der Waals surface area contributed by atoms with Crippen molar-refractivity contribution in [2.75, 3.05) is 38.8 Å². The topological polar surface area (TPSA) is 57.5 Å². The van der Waals surface area contributed by atoms with E-state index in [1.165, 1.54) is 0 Å². The Labute approximate surface area is 113 Å². The highest BCUT2D eigenvalue weighted by molar-refractivity contribution is 5.62. The lowest BCUT2D eigenvalue weighted by Gasteiger charge is -2.37. The summed E-state index contributed by atoms with van der Waals surface area (Å²) in [5.41, 5.74) is 0.989. The largest absolute Gasteiger partial charge is 0.497 e. The van der Waals surface area contributed by atoms with Crippen molar-refractivity contribution >= 4 is 5.69 Å². The number of piperazine rings is 1. The predicted octanol–water partition coefficient (Wildman–Crippen LogP) is 1.40. The lowest BCUT2D eigenvalue weighted by atomic mass is 10.1. The fourth-order valence-corrected chi connectivity index (χ4v) is 2.39. The van der Waals surface area contributed by atoms with Gasteiger partial charge in [-0.15, -0.1) is 0 Å². The Hall–Kier alpha value is -1.93. The molecule has 1 aliphatic rings. The van der Waals surface area contributed by atoms with Crippen molar-refractivity contribution < 1.29 is 9.47 Å². The van der Waals surface area contributed by atoms with Crippen LogP contribution in [0.15, 0.2) is 18.2 Å². The van der Waals surface area contributed by atoms with Crippen LogP contribution >= 0.6 is 0 Å². The number of nitrogens with one attached hydrogen (secondary N) is 1. The zero-order valence-corrected chi connectivity index (χ0v) is 11.3. The molecule has 5 nitrogen and oxygen atoms in total. The maximum Gasteiger partial charge on any atom is 0.142 e. The van der Waals surface area contributed by atoms with E-state index >= 15 is 0 Å². The highest BCUT2D eigenvalue weighted by atomic mass is 16.5. The summed E-state index contributed by atoms with van der Waals surface area (Å²) in [5.74, 6) is 1.61. The van der Waals surface area contributed by atoms with Gasteiger partial charge in [-0.1, -0.05) is 0 Å². The van der Waals surface area contributed by atoms with Crippen molar-refractivity contribution in [1.29, 1.82) is 5.26 Å². The molecule has 0 radical (unpaired) electrons. The SMILES string of the molecule is COc1ccc(OC)c(N2CCNCC2CC#N)c1. The summed E-state index contributed by atoms with van der Waals surface area (Å²) < 4.78 is 10.7. The summed E-state index contributed by atoms with van der Waals surface area (Å²) in [5, 5.41) is 12.3. The number of anilines is 1. The van der Waals surface area contributed by atoms with Crippen LogP contribution < -0.4 is 19.7 Å². The highest BCUT2D eigenvalue weighted by Gasteiger charge is 2.24. The zero-order chi connectivity index (χ0) is 13.7. The molecule has 1 aromatic rings. The average Bonchev–Trinajstić information content (AvgIpc) is 2.47. The van der Waals surface area contributed by atoms with Gasteiger partial charge in [0.05, 0.1) is 38.4 Å². The molecule has 0 amide bonds. The zero-order valence-electron chi connectivity index (χ0n) is 11.3. The average molecular weight is 261 g/mol. The quantitative estimate of drug-likeness (QED) is 0.887. The molecule has 0 saturated carbocycles. The molecule has 1 aromatic carbocycles. The van der Waals surface area contributed by atoms with Gasteiger partial charge in [-0.25, -0.2) is 0 Å². The van der Waals surface area contributed by atoms with Gasteiger partial charge >= 0.3 is 0 Å². The van der Waals surface area contributed by atoms with E-state index in [4.69, 9.17) is 14.7 Å². The van der Waals surface area contributed by atoms with E-state index in [0.29, 0.717) is 6.42 Å². The molecule has 0 bridgehead atoms. The summed E-state index contributed by atoms with van der Waals surface area (Å²) in [6, 6.07) is 8.16. The van der Waals surface area contributed by atoms with E-state index in [1.54, 1.807) is 14.2 Å². The minimum atomic E-state index is 0.166. The fourth-order valence-electron chi connectivity index (χ4n) is 2.39. The van der Waals surface area contributed by atoms with E-state index in [9.17, 15) is 0 Å². The third kappa shape index (κ3) is 2.91. The normalized spacial score (nSPS) is 18.8. The molecule has 1 heterocycles. The first-order chi connectivity index (χ1) is 9.30. The molecule has 1 saturated heterocycles. The molecular weight excluding hydrogens is 242 g/mol. The summed E-state index contributed by atoms with van der Waals surface area (Å²) >= 11 is 0. The van der Waals surface area contributed by atoms with Gasteiger partial charge in [0, 0.05) is 25.7 Å². The second-order valence-corrected chi connectivity index (χ2v) is 4.45. The Balaban J connectivity index is 2.34. The fraction of sp³-hybridized carbons (Fsp3) is 0.500. The Bertz CT molecular complexity index is 470. The van der Waals surface area contributed by atoms with Crippen molar-refractivity contribution in [1.82, 2.24) is 5.32 Å². The van der Waals surface area contributed by atoms with Crippen LogP contribution in [0.5, 0.6) is 11.5 Å². The van der Waals surface area contributed by atoms with E-state index in [2.05, 4.69) is 16.3 Å². The number of ether oxygens (including phenoxy) is 2. The number of nitrogens with zero attached hydrogens (tertiary/aromatic N) is 2. The molecule has 1 fully saturated rings. The van der Waals surface area contributed by atoms with Crippen molar-refractivity contribution in [3.05, 3.63) is 18.2 Å². The van der Waals surface area contributed by atoms with Crippen LogP contribution in [0.1, 0.15) is 6.42 Å². The summed E-state index contributed by atoms with van der Waals surface area (Å²) in [6.07, 6.45) is 0.493. The van der Waals surface area contributed by atoms with Crippen LogP contribution in [-0.4, -0.2) is 39.9 Å². The van der Waals surface area contributed by atoms with E-state index in [0.717, 1.165) is 36.8 Å². The lowest BCUT2D eigenvalue weighted by Crippen LogP contribution is -2.51. The van der Waals surface area contributed by atoms with E-state index in [1.807, 2.05) is 18.2 Å². The summed E-state index contributed by atoms with van der Waals surface area (Å²) in [7, 11) is 3.31. The summed E-state index contributed by atoms with van der Waals surface area (Å²) in [4.78, 5) is 2.22. The highest BCUT2D eigenvalue weighted by Crippen LogP contribution is 2.34. The standard InChI is InChI=1S/C14H19N3O2/c1-18-12-3-4-14(19-2)13(9-12)17-8-7-16-10-11(17)5-6-15/h3-4,9,11,16H,5,7-8,10H2,1-2H3. The number of benzene rings is 1. The smallest absolute Gasteiger partial charge is 0.142 e. The van der Waals surface area contributed by atoms with E-state index < -0.39 is 0 Å². The van der Waals surface area contributed by atoms with Gasteiger partial charge in [-0.05, 0) is 12.1 Å². The first-order valence-electron chi connectivity index (χ1n) is 6.36. The van der Waals surface area contributed by atoms with Crippen molar-refractivity contribution in [3.8, 4) is 17.6 Å². The Kier molecular flexibility index (Phi) is 4.48. The molecule has 1 unspecified atom stereocenters. The Morgan fingerprint density at radius 1 is 1.42 bits per heavy atom. The molecule has 19 heavy (non-hydrogen) atoms. The molecule has 1 aliphatic heterocycles. The number of nitriles is 1. The van der Waals surface area contributed by atoms with Crippen LogP contribution in [0.2, 0.25) is 0 Å². The van der Waals surface area contributed by atoms with Crippen LogP contribution in [-0.2, 0) is 0 Å². The van der Waals surface area contributed by atoms with Crippen LogP contribution in [0.4, 0.5) is 5.69 Å². The van der Waals surface area contributed by atoms with Crippen LogP contribution in [0, 0.1) is 11.3 Å². The molecule has 0 spiro atoms. The first kappa shape index (κ1) is 13.5. The lowest BCUT2D eigenvalue weighted by molar-refractivity contribution is 0.397. The Morgan fingerprint density at radius 2 is 2.26 bits per heavy atom. The molecule has 5 heteroatoms. The minimum Gasteiger partial charge on any atom is -0.497 e. The predicted molar refractivity (Wildman–Crippen MR) is 73.8 cm³/mol. The summed E-state index contributed by atoms with van der Waals surface area (Å²) in [6.45, 7) is 2.58. The number of hydrogen-bond acceptors (Lipinski definition) is 5. The van der Waals surface area contributed by atoms with Crippen molar-refractivity contribution in [3.63, 3.8) is 0 Å². The van der Waals surface area contributed by atoms with Crippen LogP contribution in [0.3, 0.4) is 0 Å². The molecule has 1 atom stereocenters. The van der Waals surface area contributed by atoms with Gasteiger partial charge in [-0.3, -0.25) is 0 Å². The molecule has 0 aliphatic carbocycles. The number of methoxy groups -OCH3 is 2. The molecular formula is C14H19N3O2. The van der Waals surface area contributed by atoms with Crippen molar-refractivity contribution in [2.24, 2.45) is 0 Å². The van der Waals surface area contributed by atoms with Crippen molar-refractivity contribution in [2.45, 2.75) is 12.5 Å². The number of hydrogen-bond donors (Lipinski definition) is 1. The second kappa shape index (κ2) is 6.30. The first-order valence-corrected chi connectivity index (χ1v) is 6.36. The van der Waals surface area contributed by atoms with Gasteiger partial charge < -0.3 is 19.7 Å². The van der Waals surface area contributed by atoms with Gasteiger partial charge in [0.1, 0.15) is 11.5 Å². The van der Waals surface area contributed by atoms with Gasteiger partial charge in [0.2, 0.25) is 0 Å². The third-order valence-corrected chi connectivity index (χ3v) is 3.37. The van der Waals surface area contributed by atoms with E-state index in [-0.39, 0.29) is 6.04 Å². The molecule has 2 rings (SSSR count). The van der Waals surface area contributed by atoms with Crippen LogP contribution in [0.25, 0.3) is 0 Å². The third-order valence-electron chi connectivity index (χ3n) is 3.37.